The number of rotatable bonds is 5. The number of H-pyrrole nitrogens is 1. The average Bonchev–Trinajstić information content (AvgIpc) is 3.53. The maximum Gasteiger partial charge on any atom is 0.154 e. The molecule has 8 aromatic rings. The summed E-state index contributed by atoms with van der Waals surface area (Å²) in [5.74, 6) is 0.193. The van der Waals surface area contributed by atoms with Gasteiger partial charge in [-0.15, -0.1) is 0 Å². The van der Waals surface area contributed by atoms with Crippen molar-refractivity contribution in [3.63, 3.8) is 0 Å². The van der Waals surface area contributed by atoms with Crippen LogP contribution in [0.15, 0.2) is 167 Å². The topological polar surface area (TPSA) is 88.9 Å². The molecule has 0 saturated carbocycles. The lowest BCUT2D eigenvalue weighted by Crippen LogP contribution is -2.13. The summed E-state index contributed by atoms with van der Waals surface area (Å²) in [4.78, 5) is 7.85. The summed E-state index contributed by atoms with van der Waals surface area (Å²) in [7, 11) is 0. The molecule has 0 spiro atoms. The minimum absolute atomic E-state index is 0.193. The standard InChI is InChI=1S/C43H28N4O/c44-27-28-11-13-29(14-12-28)35-19-21-40-38(25-35)39-26-36(20-22-41(39)48-40)34-9-4-8-33(24-34)30-15-17-32(18-16-30)42(45)47-43-37(10-5-23-46-43)31-6-2-1-3-7-31/h1-26H,(H2,45,46,47). The molecule has 0 unspecified atom stereocenters. The predicted molar refractivity (Wildman–Crippen MR) is 193 cm³/mol. The lowest BCUT2D eigenvalue weighted by atomic mass is 9.97. The minimum atomic E-state index is 0.193. The van der Waals surface area contributed by atoms with Crippen molar-refractivity contribution in [2.24, 2.45) is 4.99 Å². The van der Waals surface area contributed by atoms with Gasteiger partial charge in [-0.05, 0) is 93.5 Å². The Hall–Kier alpha value is -6.77. The van der Waals surface area contributed by atoms with Gasteiger partial charge < -0.3 is 9.40 Å². The SMILES string of the molecule is N#Cc1ccc(-c2ccc3oc4ccc(-c5cccc(-c6ccc(C(=N)/N=c7\[nH]cccc7-c7ccccc7)cc6)c5)cc4c3c2)cc1. The molecule has 0 aliphatic carbocycles. The molecule has 2 N–H and O–H groups in total. The second kappa shape index (κ2) is 12.2. The summed E-state index contributed by atoms with van der Waals surface area (Å²) in [5, 5.41) is 20.0. The highest BCUT2D eigenvalue weighted by atomic mass is 16.3. The van der Waals surface area contributed by atoms with Gasteiger partial charge in [0.15, 0.2) is 5.84 Å². The molecule has 0 saturated heterocycles. The van der Waals surface area contributed by atoms with E-state index in [1.54, 1.807) is 0 Å². The van der Waals surface area contributed by atoms with Crippen LogP contribution in [0.3, 0.4) is 0 Å². The molecular formula is C43H28N4O. The lowest BCUT2D eigenvalue weighted by Gasteiger charge is -2.08. The number of aromatic nitrogens is 1. The summed E-state index contributed by atoms with van der Waals surface area (Å²) < 4.78 is 6.19. The van der Waals surface area contributed by atoms with Crippen molar-refractivity contribution < 1.29 is 4.42 Å². The molecule has 48 heavy (non-hydrogen) atoms. The first-order valence-electron chi connectivity index (χ1n) is 15.7. The van der Waals surface area contributed by atoms with Crippen molar-refractivity contribution >= 4 is 27.8 Å². The van der Waals surface area contributed by atoms with Crippen LogP contribution in [-0.2, 0) is 0 Å². The van der Waals surface area contributed by atoms with E-state index in [1.165, 1.54) is 0 Å². The van der Waals surface area contributed by atoms with E-state index in [2.05, 4.69) is 64.6 Å². The van der Waals surface area contributed by atoms with Crippen LogP contribution in [0.1, 0.15) is 11.1 Å². The largest absolute Gasteiger partial charge is 0.456 e. The number of pyridine rings is 1. The van der Waals surface area contributed by atoms with Gasteiger partial charge in [-0.2, -0.15) is 5.26 Å². The van der Waals surface area contributed by atoms with Gasteiger partial charge in [0.25, 0.3) is 0 Å². The fourth-order valence-electron chi connectivity index (χ4n) is 6.12. The van der Waals surface area contributed by atoms with Crippen LogP contribution < -0.4 is 5.49 Å². The van der Waals surface area contributed by atoms with Crippen LogP contribution >= 0.6 is 0 Å². The van der Waals surface area contributed by atoms with Gasteiger partial charge in [-0.1, -0.05) is 97.1 Å². The molecule has 0 bridgehead atoms. The van der Waals surface area contributed by atoms with Crippen LogP contribution in [0.2, 0.25) is 0 Å². The van der Waals surface area contributed by atoms with E-state index in [0.717, 1.165) is 72.0 Å². The van der Waals surface area contributed by atoms with Crippen molar-refractivity contribution in [2.75, 3.05) is 0 Å². The van der Waals surface area contributed by atoms with Gasteiger partial charge in [-0.3, -0.25) is 5.41 Å². The van der Waals surface area contributed by atoms with E-state index in [4.69, 9.17) is 9.83 Å². The van der Waals surface area contributed by atoms with Crippen LogP contribution in [0, 0.1) is 16.7 Å². The third-order valence-electron chi connectivity index (χ3n) is 8.65. The molecule has 226 valence electrons. The number of benzene rings is 6. The second-order valence-electron chi connectivity index (χ2n) is 11.6. The highest BCUT2D eigenvalue weighted by Gasteiger charge is 2.12. The number of nitrogens with one attached hydrogen (secondary N) is 2. The first-order valence-corrected chi connectivity index (χ1v) is 15.7. The van der Waals surface area contributed by atoms with Crippen molar-refractivity contribution in [3.05, 3.63) is 174 Å². The van der Waals surface area contributed by atoms with Crippen LogP contribution in [0.25, 0.3) is 66.4 Å². The molecule has 0 amide bonds. The number of nitriles is 1. The zero-order valence-electron chi connectivity index (χ0n) is 25.8. The predicted octanol–water partition coefficient (Wildman–Crippen LogP) is 10.4. The quantitative estimate of drug-likeness (QED) is 0.149. The number of aromatic amines is 1. The van der Waals surface area contributed by atoms with E-state index >= 15 is 0 Å². The van der Waals surface area contributed by atoms with Crippen molar-refractivity contribution in [2.45, 2.75) is 0 Å². The number of amidine groups is 1. The Bertz CT molecular complexity index is 2570. The molecule has 6 aromatic carbocycles. The third-order valence-corrected chi connectivity index (χ3v) is 8.65. The van der Waals surface area contributed by atoms with Crippen LogP contribution in [0.4, 0.5) is 0 Å². The first-order chi connectivity index (χ1) is 23.6. The van der Waals surface area contributed by atoms with Gasteiger partial charge in [0, 0.05) is 28.1 Å². The Kier molecular flexibility index (Phi) is 7.29. The molecule has 2 heterocycles. The zero-order chi connectivity index (χ0) is 32.5. The van der Waals surface area contributed by atoms with E-state index in [-0.39, 0.29) is 5.84 Å². The molecule has 0 radical (unpaired) electrons. The van der Waals surface area contributed by atoms with Gasteiger partial charge >= 0.3 is 0 Å². The summed E-state index contributed by atoms with van der Waals surface area (Å²) in [6.45, 7) is 0. The zero-order valence-corrected chi connectivity index (χ0v) is 25.8. The molecule has 0 aliphatic rings. The molecular weight excluding hydrogens is 589 g/mol. The van der Waals surface area contributed by atoms with Gasteiger partial charge in [0.1, 0.15) is 16.7 Å². The summed E-state index contributed by atoms with van der Waals surface area (Å²) in [5.41, 5.74) is 12.2. The van der Waals surface area contributed by atoms with Gasteiger partial charge in [0.2, 0.25) is 0 Å². The normalized spacial score (nSPS) is 11.5. The first kappa shape index (κ1) is 28.7. The molecule has 0 atom stereocenters. The minimum Gasteiger partial charge on any atom is -0.456 e. The number of fused-ring (bicyclic) bond motifs is 3. The molecule has 0 aliphatic heterocycles. The number of furan rings is 1. The van der Waals surface area contributed by atoms with Gasteiger partial charge in [0.05, 0.1) is 11.6 Å². The third kappa shape index (κ3) is 5.49. The van der Waals surface area contributed by atoms with E-state index in [0.29, 0.717) is 11.1 Å². The molecule has 5 nitrogen and oxygen atoms in total. The van der Waals surface area contributed by atoms with Crippen LogP contribution in [-0.4, -0.2) is 10.8 Å². The number of nitrogens with zero attached hydrogens (tertiary/aromatic N) is 2. The summed E-state index contributed by atoms with van der Waals surface area (Å²) in [6.07, 6.45) is 1.83. The van der Waals surface area contributed by atoms with Crippen LogP contribution in [0.5, 0.6) is 0 Å². The number of hydrogen-bond acceptors (Lipinski definition) is 3. The Morgan fingerprint density at radius 2 is 1.12 bits per heavy atom. The summed E-state index contributed by atoms with van der Waals surface area (Å²) in [6, 6.07) is 52.9. The van der Waals surface area contributed by atoms with Crippen molar-refractivity contribution in [1.29, 1.82) is 10.7 Å². The Balaban J connectivity index is 1.08. The van der Waals surface area contributed by atoms with E-state index in [1.807, 2.05) is 109 Å². The molecule has 5 heteroatoms. The maximum atomic E-state index is 9.17. The fourth-order valence-corrected chi connectivity index (χ4v) is 6.12. The van der Waals surface area contributed by atoms with Gasteiger partial charge in [-0.25, -0.2) is 4.99 Å². The van der Waals surface area contributed by atoms with E-state index < -0.39 is 0 Å². The average molecular weight is 617 g/mol. The van der Waals surface area contributed by atoms with E-state index in [9.17, 15) is 5.26 Å². The van der Waals surface area contributed by atoms with Crippen molar-refractivity contribution in [3.8, 4) is 50.6 Å². The lowest BCUT2D eigenvalue weighted by molar-refractivity contribution is 0.669. The smallest absolute Gasteiger partial charge is 0.154 e. The van der Waals surface area contributed by atoms with Crippen molar-refractivity contribution in [1.82, 2.24) is 4.98 Å². The maximum absolute atomic E-state index is 9.17. The molecule has 0 fully saturated rings. The highest BCUT2D eigenvalue weighted by molar-refractivity contribution is 6.07. The monoisotopic (exact) mass is 616 g/mol. The Morgan fingerprint density at radius 1 is 0.562 bits per heavy atom. The second-order valence-corrected chi connectivity index (χ2v) is 11.6. The fraction of sp³-hybridized carbons (Fsp3) is 0. The Labute approximate surface area is 277 Å². The summed E-state index contributed by atoms with van der Waals surface area (Å²) >= 11 is 0. The molecule has 8 rings (SSSR count). The highest BCUT2D eigenvalue weighted by Crippen LogP contribution is 2.36. The Morgan fingerprint density at radius 3 is 1.79 bits per heavy atom. The number of hydrogen-bond donors (Lipinski definition) is 2. The molecule has 2 aromatic heterocycles.